The number of likely N-dealkylation sites (tertiary alicyclic amines) is 1. The highest BCUT2D eigenvalue weighted by molar-refractivity contribution is 8.18. The summed E-state index contributed by atoms with van der Waals surface area (Å²) in [6.45, 7) is 4.38. The van der Waals surface area contributed by atoms with Gasteiger partial charge in [0, 0.05) is 49.4 Å². The fourth-order valence-electron chi connectivity index (χ4n) is 5.64. The molecule has 2 amide bonds. The van der Waals surface area contributed by atoms with E-state index in [2.05, 4.69) is 11.9 Å². The molecule has 43 heavy (non-hydrogen) atoms. The van der Waals surface area contributed by atoms with Gasteiger partial charge in [-0.3, -0.25) is 9.59 Å². The van der Waals surface area contributed by atoms with Crippen LogP contribution >= 0.6 is 11.8 Å². The monoisotopic (exact) mass is 618 g/mol. The van der Waals surface area contributed by atoms with Crippen LogP contribution in [0, 0.1) is 11.8 Å². The van der Waals surface area contributed by atoms with Crippen LogP contribution in [0.25, 0.3) is 23.0 Å². The van der Waals surface area contributed by atoms with Crippen molar-refractivity contribution in [1.29, 1.82) is 0 Å². The third-order valence-electron chi connectivity index (χ3n) is 8.31. The van der Waals surface area contributed by atoms with Gasteiger partial charge in [-0.2, -0.15) is 14.4 Å². The second kappa shape index (κ2) is 12.1. The van der Waals surface area contributed by atoms with Gasteiger partial charge in [-0.1, -0.05) is 37.3 Å². The number of thioether (sulfide) groups is 1. The van der Waals surface area contributed by atoms with Gasteiger partial charge in [0.1, 0.15) is 5.69 Å². The number of carbonyl (C=O) groups is 2. The third kappa shape index (κ3) is 6.17. The van der Waals surface area contributed by atoms with Crippen molar-refractivity contribution in [2.45, 2.75) is 37.5 Å². The molecule has 12 heteroatoms. The molecule has 1 aromatic heterocycles. The number of carbonyl (C=O) groups excluding carboxylic acids is 2. The standard InChI is InChI=1S/C31H34N6O4S2/c1-21-10-16-36(17-11-21)43(40,41)26-9-5-6-23(18-26)28-24(20-37(34-28)25-7-3-2-4-8-25)19-27-30(39)33-31(42-27)35-14-12-22(13-15-35)29(32)38/h2-9,18-22H,10-17H2,1H3,(H2,32,38)/b27-19-. The molecule has 10 nitrogen and oxygen atoms in total. The summed E-state index contributed by atoms with van der Waals surface area (Å²) in [7, 11) is -3.66. The Morgan fingerprint density at radius 2 is 1.72 bits per heavy atom. The normalized spacial score (nSPS) is 20.1. The largest absolute Gasteiger partial charge is 0.369 e. The first-order chi connectivity index (χ1) is 20.7. The minimum absolute atomic E-state index is 0.154. The number of amides is 2. The number of benzene rings is 2. The SMILES string of the molecule is CC1CCN(S(=O)(=O)c2cccc(-c3nn(-c4ccccc4)cc3/C=C3\SC(N4CCC(C(N)=O)CC4)=NC3=O)c2)CC1. The van der Waals surface area contributed by atoms with Gasteiger partial charge in [0.15, 0.2) is 5.17 Å². The third-order valence-corrected chi connectivity index (χ3v) is 11.3. The molecule has 2 N–H and O–H groups in total. The number of hydrogen-bond acceptors (Lipinski definition) is 7. The van der Waals surface area contributed by atoms with E-state index in [-0.39, 0.29) is 22.6 Å². The molecule has 0 spiro atoms. The number of para-hydroxylation sites is 1. The maximum Gasteiger partial charge on any atom is 0.286 e. The Balaban J connectivity index is 1.32. The molecular weight excluding hydrogens is 585 g/mol. The van der Waals surface area contributed by atoms with Crippen LogP contribution in [0.4, 0.5) is 0 Å². The fourth-order valence-corrected chi connectivity index (χ4v) is 8.11. The lowest BCUT2D eigenvalue weighted by Gasteiger charge is -2.31. The lowest BCUT2D eigenvalue weighted by Crippen LogP contribution is -2.40. The number of aliphatic imine (C=N–C) groups is 1. The Morgan fingerprint density at radius 1 is 1.00 bits per heavy atom. The number of primary amides is 1. The van der Waals surface area contributed by atoms with Crippen LogP contribution in [-0.4, -0.2) is 70.6 Å². The average molecular weight is 619 g/mol. The van der Waals surface area contributed by atoms with Crippen LogP contribution < -0.4 is 5.73 Å². The van der Waals surface area contributed by atoms with Gasteiger partial charge >= 0.3 is 0 Å². The van der Waals surface area contributed by atoms with Crippen molar-refractivity contribution in [2.24, 2.45) is 22.6 Å². The van der Waals surface area contributed by atoms with Gasteiger partial charge in [0.2, 0.25) is 15.9 Å². The molecule has 0 bridgehead atoms. The number of aromatic nitrogens is 2. The Labute approximate surface area is 255 Å². The minimum atomic E-state index is -3.66. The number of nitrogens with two attached hydrogens (primary N) is 1. The van der Waals surface area contributed by atoms with Crippen LogP contribution in [0.1, 0.15) is 38.2 Å². The van der Waals surface area contributed by atoms with Gasteiger partial charge in [-0.05, 0) is 73.7 Å². The number of piperidine rings is 2. The summed E-state index contributed by atoms with van der Waals surface area (Å²) in [6, 6.07) is 16.5. The Bertz CT molecular complexity index is 1700. The van der Waals surface area contributed by atoms with Crippen LogP contribution in [0.15, 0.2) is 75.6 Å². The Hall–Kier alpha value is -3.74. The average Bonchev–Trinajstić information content (AvgIpc) is 3.61. The molecule has 0 aliphatic carbocycles. The maximum absolute atomic E-state index is 13.5. The summed E-state index contributed by atoms with van der Waals surface area (Å²) >= 11 is 1.30. The van der Waals surface area contributed by atoms with Crippen molar-refractivity contribution in [3.05, 3.63) is 71.3 Å². The van der Waals surface area contributed by atoms with Crippen LogP contribution in [-0.2, 0) is 19.6 Å². The molecule has 4 heterocycles. The highest BCUT2D eigenvalue weighted by Gasteiger charge is 2.32. The number of amidine groups is 1. The van der Waals surface area contributed by atoms with E-state index in [1.807, 2.05) is 47.5 Å². The summed E-state index contributed by atoms with van der Waals surface area (Å²) < 4.78 is 30.4. The van der Waals surface area contributed by atoms with E-state index in [1.54, 1.807) is 33.3 Å². The van der Waals surface area contributed by atoms with E-state index in [1.165, 1.54) is 11.8 Å². The van der Waals surface area contributed by atoms with Crippen LogP contribution in [0.2, 0.25) is 0 Å². The second-order valence-electron chi connectivity index (χ2n) is 11.3. The van der Waals surface area contributed by atoms with Gasteiger partial charge in [0.25, 0.3) is 5.91 Å². The van der Waals surface area contributed by atoms with E-state index < -0.39 is 10.0 Å². The zero-order valence-electron chi connectivity index (χ0n) is 23.9. The van der Waals surface area contributed by atoms with Gasteiger partial charge < -0.3 is 10.6 Å². The Morgan fingerprint density at radius 3 is 2.42 bits per heavy atom. The van der Waals surface area contributed by atoms with E-state index >= 15 is 0 Å². The molecule has 0 atom stereocenters. The highest BCUT2D eigenvalue weighted by Crippen LogP contribution is 2.35. The Kier molecular flexibility index (Phi) is 8.25. The molecule has 2 fully saturated rings. The molecule has 3 aliphatic rings. The summed E-state index contributed by atoms with van der Waals surface area (Å²) in [6.07, 6.45) is 6.56. The summed E-state index contributed by atoms with van der Waals surface area (Å²) in [4.78, 5) is 31.6. The number of sulfonamides is 1. The number of rotatable bonds is 6. The molecule has 3 aromatic rings. The lowest BCUT2D eigenvalue weighted by molar-refractivity contribution is -0.123. The van der Waals surface area contributed by atoms with E-state index in [4.69, 9.17) is 10.8 Å². The molecule has 3 aliphatic heterocycles. The van der Waals surface area contributed by atoms with Crippen molar-refractivity contribution in [3.8, 4) is 16.9 Å². The van der Waals surface area contributed by atoms with Crippen molar-refractivity contribution in [2.75, 3.05) is 26.2 Å². The first-order valence-corrected chi connectivity index (χ1v) is 16.8. The first kappa shape index (κ1) is 29.3. The molecule has 0 unspecified atom stereocenters. The maximum atomic E-state index is 13.5. The molecule has 2 saturated heterocycles. The topological polar surface area (TPSA) is 131 Å². The van der Waals surface area contributed by atoms with Crippen molar-refractivity contribution >= 4 is 44.8 Å². The van der Waals surface area contributed by atoms with E-state index in [9.17, 15) is 18.0 Å². The predicted molar refractivity (Wildman–Crippen MR) is 168 cm³/mol. The second-order valence-corrected chi connectivity index (χ2v) is 14.2. The molecule has 0 saturated carbocycles. The fraction of sp³-hybridized carbons (Fsp3) is 0.355. The summed E-state index contributed by atoms with van der Waals surface area (Å²) in [5.41, 5.74) is 8.18. The zero-order chi connectivity index (χ0) is 30.1. The molecular formula is C31H34N6O4S2. The summed E-state index contributed by atoms with van der Waals surface area (Å²) in [5, 5.41) is 5.46. The van der Waals surface area contributed by atoms with E-state index in [0.29, 0.717) is 71.8 Å². The minimum Gasteiger partial charge on any atom is -0.369 e. The first-order valence-electron chi connectivity index (χ1n) is 14.5. The van der Waals surface area contributed by atoms with Gasteiger partial charge in [-0.25, -0.2) is 13.1 Å². The van der Waals surface area contributed by atoms with Gasteiger partial charge in [0.05, 0.1) is 15.5 Å². The van der Waals surface area contributed by atoms with Crippen molar-refractivity contribution < 1.29 is 18.0 Å². The molecule has 6 rings (SSSR count). The van der Waals surface area contributed by atoms with Gasteiger partial charge in [-0.15, -0.1) is 0 Å². The quantitative estimate of drug-likeness (QED) is 0.411. The van der Waals surface area contributed by atoms with Crippen molar-refractivity contribution in [3.63, 3.8) is 0 Å². The smallest absolute Gasteiger partial charge is 0.286 e. The zero-order valence-corrected chi connectivity index (χ0v) is 25.6. The van der Waals surface area contributed by atoms with Crippen LogP contribution in [0.5, 0.6) is 0 Å². The van der Waals surface area contributed by atoms with Crippen LogP contribution in [0.3, 0.4) is 0 Å². The van der Waals surface area contributed by atoms with E-state index in [0.717, 1.165) is 18.5 Å². The number of hydrogen-bond donors (Lipinski definition) is 1. The molecule has 0 radical (unpaired) electrons. The number of nitrogens with zero attached hydrogens (tertiary/aromatic N) is 5. The lowest BCUT2D eigenvalue weighted by atomic mass is 9.97. The molecule has 2 aromatic carbocycles. The molecule has 224 valence electrons. The predicted octanol–water partition coefficient (Wildman–Crippen LogP) is 4.13. The highest BCUT2D eigenvalue weighted by atomic mass is 32.2. The summed E-state index contributed by atoms with van der Waals surface area (Å²) in [5.74, 6) is -0.273. The van der Waals surface area contributed by atoms with Crippen molar-refractivity contribution in [1.82, 2.24) is 19.0 Å².